The second-order valence-corrected chi connectivity index (χ2v) is 5.32. The fourth-order valence-electron chi connectivity index (χ4n) is 1.11. The van der Waals surface area contributed by atoms with Crippen LogP contribution in [0.2, 0.25) is 0 Å². The summed E-state index contributed by atoms with van der Waals surface area (Å²) in [5.41, 5.74) is -0.457. The molecule has 0 saturated carbocycles. The summed E-state index contributed by atoms with van der Waals surface area (Å²) < 4.78 is 5.20. The first-order valence-corrected chi connectivity index (χ1v) is 5.57. The van der Waals surface area contributed by atoms with Crippen molar-refractivity contribution in [2.45, 2.75) is 39.9 Å². The average molecular weight is 259 g/mol. The predicted octanol–water partition coefficient (Wildman–Crippen LogP) is 0.862. The van der Waals surface area contributed by atoms with Gasteiger partial charge < -0.3 is 20.3 Å². The molecule has 0 heterocycles. The zero-order valence-electron chi connectivity index (χ0n) is 11.2. The first-order chi connectivity index (χ1) is 8.02. The number of rotatable bonds is 7. The van der Waals surface area contributed by atoms with Gasteiger partial charge in [0.1, 0.15) is 0 Å². The molecule has 6 heteroatoms. The lowest BCUT2D eigenvalue weighted by atomic mass is 9.90. The Morgan fingerprint density at radius 1 is 1.28 bits per heavy atom. The van der Waals surface area contributed by atoms with Crippen LogP contribution in [0.4, 0.5) is 0 Å². The van der Waals surface area contributed by atoms with E-state index in [9.17, 15) is 14.7 Å². The van der Waals surface area contributed by atoms with Crippen LogP contribution in [0, 0.1) is 5.41 Å². The molecule has 0 bridgehead atoms. The maximum atomic E-state index is 11.5. The molecular formula is C12H21NO5. The Balaban J connectivity index is 4.15. The van der Waals surface area contributed by atoms with E-state index in [2.05, 4.69) is 5.32 Å². The third-order valence-electron chi connectivity index (χ3n) is 1.93. The largest absolute Gasteiger partial charge is 0.478 e. The van der Waals surface area contributed by atoms with Crippen molar-refractivity contribution in [1.82, 2.24) is 5.32 Å². The summed E-state index contributed by atoms with van der Waals surface area (Å²) in [6, 6.07) is 0. The summed E-state index contributed by atoms with van der Waals surface area (Å²) in [6.45, 7) is 6.88. The van der Waals surface area contributed by atoms with Gasteiger partial charge in [-0.1, -0.05) is 13.8 Å². The zero-order chi connectivity index (χ0) is 14.4. The molecule has 0 rings (SSSR count). The van der Waals surface area contributed by atoms with E-state index in [0.29, 0.717) is 0 Å². The zero-order valence-corrected chi connectivity index (χ0v) is 11.2. The van der Waals surface area contributed by atoms with E-state index in [1.165, 1.54) is 13.8 Å². The minimum absolute atomic E-state index is 0.160. The molecule has 0 radical (unpaired) electrons. The number of carboxylic acid groups (broad SMARTS) is 1. The summed E-state index contributed by atoms with van der Waals surface area (Å²) in [5.74, 6) is -2.67. The molecule has 0 aliphatic carbocycles. The summed E-state index contributed by atoms with van der Waals surface area (Å²) >= 11 is 0. The molecule has 6 nitrogen and oxygen atoms in total. The molecule has 0 aromatic carbocycles. The van der Waals surface area contributed by atoms with Gasteiger partial charge >= 0.3 is 5.97 Å². The summed E-state index contributed by atoms with van der Waals surface area (Å²) in [4.78, 5) is 21.7. The van der Waals surface area contributed by atoms with E-state index in [0.717, 1.165) is 12.3 Å². The predicted molar refractivity (Wildman–Crippen MR) is 65.6 cm³/mol. The number of aliphatic carboxylic acids is 1. The van der Waals surface area contributed by atoms with Crippen molar-refractivity contribution < 1.29 is 24.5 Å². The van der Waals surface area contributed by atoms with Gasteiger partial charge in [0.05, 0.1) is 6.61 Å². The normalized spacial score (nSPS) is 12.7. The molecule has 0 unspecified atom stereocenters. The Bertz CT molecular complexity index is 328. The first-order valence-electron chi connectivity index (χ1n) is 5.57. The van der Waals surface area contributed by atoms with Gasteiger partial charge in [0.15, 0.2) is 5.79 Å². The highest BCUT2D eigenvalue weighted by Crippen LogP contribution is 2.22. The van der Waals surface area contributed by atoms with Crippen LogP contribution in [-0.4, -0.2) is 34.5 Å². The van der Waals surface area contributed by atoms with Gasteiger partial charge in [-0.25, -0.2) is 4.79 Å². The minimum Gasteiger partial charge on any atom is -0.478 e. The van der Waals surface area contributed by atoms with E-state index in [1.807, 2.05) is 13.8 Å². The SMILES string of the molecule is CC(C)(COC(C)(C)O)CC(=O)N/C=C/C(=O)O. The summed E-state index contributed by atoms with van der Waals surface area (Å²) in [5, 5.41) is 20.1. The number of ether oxygens (including phenoxy) is 1. The van der Waals surface area contributed by atoms with Crippen LogP contribution in [0.15, 0.2) is 12.3 Å². The fourth-order valence-corrected chi connectivity index (χ4v) is 1.11. The maximum absolute atomic E-state index is 11.5. The molecule has 0 aliphatic heterocycles. The van der Waals surface area contributed by atoms with Crippen molar-refractivity contribution in [3.8, 4) is 0 Å². The third kappa shape index (κ3) is 9.80. The molecular weight excluding hydrogens is 238 g/mol. The Hall–Kier alpha value is -1.40. The fraction of sp³-hybridized carbons (Fsp3) is 0.667. The number of hydrogen-bond donors (Lipinski definition) is 3. The molecule has 1 amide bonds. The lowest BCUT2D eigenvalue weighted by Gasteiger charge is -2.28. The van der Waals surface area contributed by atoms with E-state index < -0.39 is 17.2 Å². The summed E-state index contributed by atoms with van der Waals surface area (Å²) in [7, 11) is 0. The lowest BCUT2D eigenvalue weighted by molar-refractivity contribution is -0.192. The van der Waals surface area contributed by atoms with E-state index in [1.54, 1.807) is 0 Å². The number of carbonyl (C=O) groups excluding carboxylic acids is 1. The molecule has 0 aliphatic rings. The second-order valence-electron chi connectivity index (χ2n) is 5.32. The van der Waals surface area contributed by atoms with Crippen molar-refractivity contribution >= 4 is 11.9 Å². The van der Waals surface area contributed by atoms with Gasteiger partial charge in [-0.05, 0) is 19.3 Å². The quantitative estimate of drug-likeness (QED) is 0.465. The van der Waals surface area contributed by atoms with Gasteiger partial charge in [-0.3, -0.25) is 4.79 Å². The molecule has 0 fully saturated rings. The van der Waals surface area contributed by atoms with Crippen LogP contribution in [0.1, 0.15) is 34.1 Å². The number of aliphatic hydroxyl groups is 1. The molecule has 0 aromatic heterocycles. The van der Waals surface area contributed by atoms with Gasteiger partial charge in [-0.15, -0.1) is 0 Å². The highest BCUT2D eigenvalue weighted by molar-refractivity contribution is 5.82. The average Bonchev–Trinajstić information content (AvgIpc) is 2.12. The Morgan fingerprint density at radius 3 is 2.28 bits per heavy atom. The van der Waals surface area contributed by atoms with Crippen molar-refractivity contribution in [2.24, 2.45) is 5.41 Å². The van der Waals surface area contributed by atoms with Crippen LogP contribution in [0.25, 0.3) is 0 Å². The van der Waals surface area contributed by atoms with Crippen LogP contribution in [-0.2, 0) is 14.3 Å². The lowest BCUT2D eigenvalue weighted by Crippen LogP contribution is -2.33. The van der Waals surface area contributed by atoms with E-state index >= 15 is 0 Å². The Labute approximate surface area is 107 Å². The van der Waals surface area contributed by atoms with Gasteiger partial charge in [0.2, 0.25) is 5.91 Å². The van der Waals surface area contributed by atoms with Crippen LogP contribution in [0.5, 0.6) is 0 Å². The van der Waals surface area contributed by atoms with Crippen LogP contribution < -0.4 is 5.32 Å². The Morgan fingerprint density at radius 2 is 1.83 bits per heavy atom. The number of nitrogens with one attached hydrogen (secondary N) is 1. The topological polar surface area (TPSA) is 95.9 Å². The number of hydrogen-bond acceptors (Lipinski definition) is 4. The first kappa shape index (κ1) is 16.6. The van der Waals surface area contributed by atoms with Crippen molar-refractivity contribution in [3.63, 3.8) is 0 Å². The van der Waals surface area contributed by atoms with E-state index in [-0.39, 0.29) is 18.9 Å². The van der Waals surface area contributed by atoms with Gasteiger partial charge in [0, 0.05) is 18.7 Å². The minimum atomic E-state index is -1.24. The van der Waals surface area contributed by atoms with Crippen LogP contribution >= 0.6 is 0 Å². The summed E-state index contributed by atoms with van der Waals surface area (Å²) in [6.07, 6.45) is 2.09. The second kappa shape index (κ2) is 6.51. The highest BCUT2D eigenvalue weighted by atomic mass is 16.6. The molecule has 0 saturated heterocycles. The number of amides is 1. The molecule has 0 aromatic rings. The number of carboxylic acids is 1. The number of carbonyl (C=O) groups is 2. The smallest absolute Gasteiger partial charge is 0.329 e. The Kier molecular flexibility index (Phi) is 6.00. The van der Waals surface area contributed by atoms with E-state index in [4.69, 9.17) is 9.84 Å². The standard InChI is InChI=1S/C12H21NO5/c1-11(2,8-18-12(3,4)17)7-9(14)13-6-5-10(15)16/h5-6,17H,7-8H2,1-4H3,(H,13,14)(H,15,16)/b6-5+. The van der Waals surface area contributed by atoms with Crippen LogP contribution in [0.3, 0.4) is 0 Å². The van der Waals surface area contributed by atoms with Gasteiger partial charge in [0.25, 0.3) is 0 Å². The van der Waals surface area contributed by atoms with Gasteiger partial charge in [-0.2, -0.15) is 0 Å². The molecule has 18 heavy (non-hydrogen) atoms. The monoisotopic (exact) mass is 259 g/mol. The van der Waals surface area contributed by atoms with Crippen molar-refractivity contribution in [2.75, 3.05) is 6.61 Å². The molecule has 3 N–H and O–H groups in total. The highest BCUT2D eigenvalue weighted by Gasteiger charge is 2.25. The molecule has 104 valence electrons. The molecule has 0 atom stereocenters. The third-order valence-corrected chi connectivity index (χ3v) is 1.93. The molecule has 0 spiro atoms. The van der Waals surface area contributed by atoms with Crippen molar-refractivity contribution in [1.29, 1.82) is 0 Å². The van der Waals surface area contributed by atoms with Crippen molar-refractivity contribution in [3.05, 3.63) is 12.3 Å². The maximum Gasteiger partial charge on any atom is 0.329 e.